The fraction of sp³-hybridized carbons (Fsp3) is 0.250. The third-order valence-corrected chi connectivity index (χ3v) is 4.04. The summed E-state index contributed by atoms with van der Waals surface area (Å²) in [4.78, 5) is 50.1. The van der Waals surface area contributed by atoms with Crippen molar-refractivity contribution in [2.45, 2.75) is 20.3 Å². The number of carbonyl (C=O) groups is 3. The van der Waals surface area contributed by atoms with Crippen LogP contribution >= 0.6 is 11.3 Å². The fourth-order valence-electron chi connectivity index (χ4n) is 2.05. The van der Waals surface area contributed by atoms with Crippen LogP contribution in [-0.4, -0.2) is 34.2 Å². The molecule has 0 aliphatic rings. The van der Waals surface area contributed by atoms with Gasteiger partial charge in [0.05, 0.1) is 16.1 Å². The number of anilines is 1. The topological polar surface area (TPSA) is 141 Å². The first kappa shape index (κ1) is 20.0. The molecule has 0 radical (unpaired) electrons. The van der Waals surface area contributed by atoms with Gasteiger partial charge in [0.2, 0.25) is 0 Å². The standard InChI is InChI=1S/C16H16N4O6S/c1-3-7-17-14(22)10-5-4-6-11(13(10)26-9(2)21)15(23)19-16-18-8-12(27-16)20(24)25/h4-6,8H,3,7H2,1-2H3,(H,17,22)(H,18,19,23). The number of nitrogens with zero attached hydrogens (tertiary/aromatic N) is 2. The lowest BCUT2D eigenvalue weighted by Gasteiger charge is -2.13. The number of amides is 2. The van der Waals surface area contributed by atoms with Crippen LogP contribution in [-0.2, 0) is 4.79 Å². The van der Waals surface area contributed by atoms with E-state index in [1.807, 2.05) is 6.92 Å². The maximum atomic E-state index is 12.5. The van der Waals surface area contributed by atoms with Crippen molar-refractivity contribution in [2.75, 3.05) is 11.9 Å². The lowest BCUT2D eigenvalue weighted by atomic mass is 10.1. The van der Waals surface area contributed by atoms with Crippen LogP contribution < -0.4 is 15.4 Å². The molecule has 0 unspecified atom stereocenters. The van der Waals surface area contributed by atoms with E-state index in [4.69, 9.17) is 4.74 Å². The molecule has 2 aromatic rings. The van der Waals surface area contributed by atoms with E-state index >= 15 is 0 Å². The maximum Gasteiger partial charge on any atom is 0.345 e. The van der Waals surface area contributed by atoms with E-state index in [0.29, 0.717) is 24.3 Å². The number of hydrogen-bond donors (Lipinski definition) is 2. The number of carbonyl (C=O) groups excluding carboxylic acids is 3. The largest absolute Gasteiger partial charge is 0.425 e. The van der Waals surface area contributed by atoms with Crippen LogP contribution in [0, 0.1) is 10.1 Å². The highest BCUT2D eigenvalue weighted by atomic mass is 32.1. The average Bonchev–Trinajstić information content (AvgIpc) is 3.08. The Kier molecular flexibility index (Phi) is 6.55. The molecule has 0 aliphatic heterocycles. The zero-order valence-electron chi connectivity index (χ0n) is 14.5. The summed E-state index contributed by atoms with van der Waals surface area (Å²) in [6, 6.07) is 4.26. The van der Waals surface area contributed by atoms with Crippen molar-refractivity contribution >= 4 is 39.3 Å². The van der Waals surface area contributed by atoms with Gasteiger partial charge in [-0.3, -0.25) is 29.8 Å². The number of benzene rings is 1. The molecule has 2 amide bonds. The number of para-hydroxylation sites is 1. The van der Waals surface area contributed by atoms with Gasteiger partial charge in [-0.2, -0.15) is 0 Å². The zero-order chi connectivity index (χ0) is 20.0. The van der Waals surface area contributed by atoms with Crippen molar-refractivity contribution in [3.8, 4) is 5.75 Å². The Labute approximate surface area is 157 Å². The molecule has 0 atom stereocenters. The first-order chi connectivity index (χ1) is 12.8. The SMILES string of the molecule is CCCNC(=O)c1cccc(C(=O)Nc2ncc([N+](=O)[O-])s2)c1OC(C)=O. The predicted octanol–water partition coefficient (Wildman–Crippen LogP) is 2.37. The second-order valence-corrected chi connectivity index (χ2v) is 6.26. The van der Waals surface area contributed by atoms with Crippen molar-refractivity contribution < 1.29 is 24.0 Å². The molecular weight excluding hydrogens is 376 g/mol. The van der Waals surface area contributed by atoms with Gasteiger partial charge in [-0.1, -0.05) is 13.0 Å². The minimum Gasteiger partial charge on any atom is -0.425 e. The van der Waals surface area contributed by atoms with Gasteiger partial charge < -0.3 is 10.1 Å². The van der Waals surface area contributed by atoms with Gasteiger partial charge in [0.25, 0.3) is 11.8 Å². The van der Waals surface area contributed by atoms with Crippen LogP contribution in [0.3, 0.4) is 0 Å². The van der Waals surface area contributed by atoms with Gasteiger partial charge in [-0.25, -0.2) is 4.98 Å². The first-order valence-electron chi connectivity index (χ1n) is 7.84. The van der Waals surface area contributed by atoms with Gasteiger partial charge in [-0.05, 0) is 29.9 Å². The molecule has 0 bridgehead atoms. The minimum atomic E-state index is -0.722. The fourth-order valence-corrected chi connectivity index (χ4v) is 2.68. The van der Waals surface area contributed by atoms with Crippen molar-refractivity contribution in [1.29, 1.82) is 0 Å². The van der Waals surface area contributed by atoms with Crippen LogP contribution in [0.4, 0.5) is 10.1 Å². The second kappa shape index (κ2) is 8.85. The van der Waals surface area contributed by atoms with E-state index in [1.165, 1.54) is 18.2 Å². The van der Waals surface area contributed by atoms with Gasteiger partial charge in [0.15, 0.2) is 10.9 Å². The summed E-state index contributed by atoms with van der Waals surface area (Å²) >= 11 is 0.676. The number of aromatic nitrogens is 1. The van der Waals surface area contributed by atoms with Crippen LogP contribution in [0.15, 0.2) is 24.4 Å². The number of thiazole rings is 1. The first-order valence-corrected chi connectivity index (χ1v) is 8.66. The summed E-state index contributed by atoms with van der Waals surface area (Å²) in [5.41, 5.74) is -0.0522. The van der Waals surface area contributed by atoms with Crippen LogP contribution in [0.1, 0.15) is 41.0 Å². The molecule has 0 aliphatic carbocycles. The summed E-state index contributed by atoms with van der Waals surface area (Å²) in [6.45, 7) is 3.44. The van der Waals surface area contributed by atoms with Crippen LogP contribution in [0.2, 0.25) is 0 Å². The van der Waals surface area contributed by atoms with Gasteiger partial charge in [0.1, 0.15) is 6.20 Å². The van der Waals surface area contributed by atoms with Crippen molar-refractivity contribution in [3.63, 3.8) is 0 Å². The highest BCUT2D eigenvalue weighted by molar-refractivity contribution is 7.18. The van der Waals surface area contributed by atoms with Crippen LogP contribution in [0.5, 0.6) is 5.75 Å². The highest BCUT2D eigenvalue weighted by Crippen LogP contribution is 2.28. The second-order valence-electron chi connectivity index (χ2n) is 5.25. The number of hydrogen-bond acceptors (Lipinski definition) is 8. The number of ether oxygens (including phenoxy) is 1. The van der Waals surface area contributed by atoms with E-state index in [9.17, 15) is 24.5 Å². The average molecular weight is 392 g/mol. The molecule has 142 valence electrons. The number of nitro groups is 1. The number of rotatable bonds is 7. The molecular formula is C16H16N4O6S. The Morgan fingerprint density at radius 3 is 2.48 bits per heavy atom. The predicted molar refractivity (Wildman–Crippen MR) is 97.1 cm³/mol. The third-order valence-electron chi connectivity index (χ3n) is 3.18. The van der Waals surface area contributed by atoms with E-state index in [2.05, 4.69) is 15.6 Å². The van der Waals surface area contributed by atoms with Crippen molar-refractivity contribution in [1.82, 2.24) is 10.3 Å². The molecule has 11 heteroatoms. The summed E-state index contributed by atoms with van der Waals surface area (Å²) in [5.74, 6) is -2.11. The quantitative estimate of drug-likeness (QED) is 0.319. The Balaban J connectivity index is 2.35. The smallest absolute Gasteiger partial charge is 0.345 e. The van der Waals surface area contributed by atoms with Crippen LogP contribution in [0.25, 0.3) is 0 Å². The highest BCUT2D eigenvalue weighted by Gasteiger charge is 2.23. The third kappa shape index (κ3) is 5.07. The van der Waals surface area contributed by atoms with Gasteiger partial charge in [0, 0.05) is 13.5 Å². The molecule has 0 fully saturated rings. The molecule has 10 nitrogen and oxygen atoms in total. The van der Waals surface area contributed by atoms with E-state index in [0.717, 1.165) is 13.1 Å². The van der Waals surface area contributed by atoms with Gasteiger partial charge in [-0.15, -0.1) is 0 Å². The lowest BCUT2D eigenvalue weighted by molar-refractivity contribution is -0.380. The summed E-state index contributed by atoms with van der Waals surface area (Å²) in [6.07, 6.45) is 1.72. The lowest BCUT2D eigenvalue weighted by Crippen LogP contribution is -2.26. The summed E-state index contributed by atoms with van der Waals surface area (Å²) < 4.78 is 5.09. The zero-order valence-corrected chi connectivity index (χ0v) is 15.3. The molecule has 2 N–H and O–H groups in total. The molecule has 27 heavy (non-hydrogen) atoms. The minimum absolute atomic E-state index is 0.00122. The Morgan fingerprint density at radius 2 is 1.93 bits per heavy atom. The molecule has 0 saturated carbocycles. The van der Waals surface area contributed by atoms with E-state index < -0.39 is 22.7 Å². The van der Waals surface area contributed by atoms with E-state index in [1.54, 1.807) is 0 Å². The Bertz CT molecular complexity index is 895. The summed E-state index contributed by atoms with van der Waals surface area (Å²) in [5, 5.41) is 15.5. The monoisotopic (exact) mass is 392 g/mol. The van der Waals surface area contributed by atoms with Gasteiger partial charge >= 0.3 is 11.0 Å². The number of nitrogens with one attached hydrogen (secondary N) is 2. The maximum absolute atomic E-state index is 12.5. The molecule has 2 rings (SSSR count). The Morgan fingerprint density at radius 1 is 1.26 bits per heavy atom. The molecule has 1 aromatic heterocycles. The van der Waals surface area contributed by atoms with Crippen molar-refractivity contribution in [3.05, 3.63) is 45.6 Å². The molecule has 0 spiro atoms. The van der Waals surface area contributed by atoms with Crippen molar-refractivity contribution in [2.24, 2.45) is 0 Å². The normalized spacial score (nSPS) is 10.1. The molecule has 1 aromatic carbocycles. The summed E-state index contributed by atoms with van der Waals surface area (Å²) in [7, 11) is 0. The molecule has 0 saturated heterocycles. The molecule has 1 heterocycles. The number of esters is 1. The Hall–Kier alpha value is -3.34. The van der Waals surface area contributed by atoms with E-state index in [-0.39, 0.29) is 27.0 Å².